The van der Waals surface area contributed by atoms with E-state index in [1.807, 2.05) is 50.2 Å². The standard InChI is InChI=1S/C31H29N9O3/c1-4-16-40-29(42)20-13-14-24(35-25(20)31(40,2)3)36-30-33-17-21(27-38-39-28(43-27)22-12-8-9-15-32-22)26(37-30)34-23(18-41)19-10-6-5-7-11-19/h4-15,17,23,41H,1,16,18H2,2-3H3,(H2,33,34,35,36,37)/t23-/m1/s1. The molecule has 0 radical (unpaired) electrons. The van der Waals surface area contributed by atoms with Gasteiger partial charge < -0.3 is 25.1 Å². The number of benzene rings is 1. The van der Waals surface area contributed by atoms with Gasteiger partial charge in [0.25, 0.3) is 17.7 Å². The van der Waals surface area contributed by atoms with Crippen molar-refractivity contribution in [3.05, 3.63) is 103 Å². The molecule has 1 aliphatic heterocycles. The summed E-state index contributed by atoms with van der Waals surface area (Å²) in [5.74, 6) is 1.39. The number of aliphatic hydroxyl groups excluding tert-OH is 1. The number of fused-ring (bicyclic) bond motifs is 1. The van der Waals surface area contributed by atoms with Gasteiger partial charge in [0, 0.05) is 18.9 Å². The van der Waals surface area contributed by atoms with Gasteiger partial charge >= 0.3 is 0 Å². The predicted molar refractivity (Wildman–Crippen MR) is 160 cm³/mol. The number of aliphatic hydroxyl groups is 1. The number of nitrogens with zero attached hydrogens (tertiary/aromatic N) is 7. The molecule has 12 heteroatoms. The monoisotopic (exact) mass is 575 g/mol. The minimum Gasteiger partial charge on any atom is -0.414 e. The van der Waals surface area contributed by atoms with E-state index in [1.54, 1.807) is 47.6 Å². The van der Waals surface area contributed by atoms with Crippen LogP contribution in [-0.2, 0) is 5.54 Å². The first-order valence-corrected chi connectivity index (χ1v) is 13.6. The highest BCUT2D eigenvalue weighted by atomic mass is 16.4. The molecule has 5 heterocycles. The molecule has 0 fully saturated rings. The molecule has 1 aliphatic rings. The topological polar surface area (TPSA) is 155 Å². The Bertz CT molecular complexity index is 1770. The van der Waals surface area contributed by atoms with E-state index in [-0.39, 0.29) is 30.2 Å². The summed E-state index contributed by atoms with van der Waals surface area (Å²) in [6.45, 7) is 7.89. The van der Waals surface area contributed by atoms with Crippen LogP contribution < -0.4 is 10.6 Å². The number of amides is 1. The first-order valence-electron chi connectivity index (χ1n) is 13.6. The molecule has 1 amide bonds. The molecular formula is C31H29N9O3. The molecule has 216 valence electrons. The van der Waals surface area contributed by atoms with Gasteiger partial charge in [0.2, 0.25) is 5.95 Å². The summed E-state index contributed by atoms with van der Waals surface area (Å²) in [6.07, 6.45) is 4.90. The zero-order valence-electron chi connectivity index (χ0n) is 23.6. The van der Waals surface area contributed by atoms with Crippen molar-refractivity contribution in [2.45, 2.75) is 25.4 Å². The summed E-state index contributed by atoms with van der Waals surface area (Å²) in [7, 11) is 0. The zero-order valence-corrected chi connectivity index (χ0v) is 23.6. The lowest BCUT2D eigenvalue weighted by molar-refractivity contribution is 0.0649. The largest absolute Gasteiger partial charge is 0.414 e. The van der Waals surface area contributed by atoms with Crippen molar-refractivity contribution in [3.8, 4) is 23.0 Å². The number of nitrogens with one attached hydrogen (secondary N) is 2. The first-order chi connectivity index (χ1) is 20.9. The third kappa shape index (κ3) is 5.31. The van der Waals surface area contributed by atoms with E-state index in [1.165, 1.54) is 0 Å². The lowest BCUT2D eigenvalue weighted by atomic mass is 9.99. The van der Waals surface area contributed by atoms with Gasteiger partial charge in [0.1, 0.15) is 17.3 Å². The third-order valence-corrected chi connectivity index (χ3v) is 7.20. The molecule has 0 bridgehead atoms. The summed E-state index contributed by atoms with van der Waals surface area (Å²) >= 11 is 0. The summed E-state index contributed by atoms with van der Waals surface area (Å²) < 4.78 is 5.95. The molecule has 1 atom stereocenters. The lowest BCUT2D eigenvalue weighted by Gasteiger charge is -2.30. The minimum atomic E-state index is -0.622. The predicted octanol–water partition coefficient (Wildman–Crippen LogP) is 4.75. The molecule has 0 spiro atoms. The van der Waals surface area contributed by atoms with Crippen molar-refractivity contribution < 1.29 is 14.3 Å². The Morgan fingerprint density at radius 1 is 1.00 bits per heavy atom. The van der Waals surface area contributed by atoms with Gasteiger partial charge in [-0.15, -0.1) is 16.8 Å². The van der Waals surface area contributed by atoms with E-state index in [0.717, 1.165) is 5.56 Å². The second-order valence-electron chi connectivity index (χ2n) is 10.4. The lowest BCUT2D eigenvalue weighted by Crippen LogP contribution is -2.39. The second-order valence-corrected chi connectivity index (χ2v) is 10.4. The van der Waals surface area contributed by atoms with Crippen LogP contribution in [0, 0.1) is 0 Å². The molecule has 43 heavy (non-hydrogen) atoms. The summed E-state index contributed by atoms with van der Waals surface area (Å²) in [5.41, 5.74) is 2.40. The maximum absolute atomic E-state index is 13.0. The van der Waals surface area contributed by atoms with E-state index < -0.39 is 11.6 Å². The van der Waals surface area contributed by atoms with Gasteiger partial charge in [-0.05, 0) is 43.7 Å². The maximum atomic E-state index is 13.0. The zero-order chi connectivity index (χ0) is 30.0. The number of anilines is 3. The fourth-order valence-corrected chi connectivity index (χ4v) is 4.97. The van der Waals surface area contributed by atoms with Crippen LogP contribution >= 0.6 is 0 Å². The minimum absolute atomic E-state index is 0.0911. The summed E-state index contributed by atoms with van der Waals surface area (Å²) in [6, 6.07) is 17.9. The van der Waals surface area contributed by atoms with Crippen LogP contribution in [0.2, 0.25) is 0 Å². The highest BCUT2D eigenvalue weighted by Gasteiger charge is 2.43. The number of rotatable bonds is 10. The molecule has 0 saturated carbocycles. The first kappa shape index (κ1) is 27.7. The number of hydrogen-bond donors (Lipinski definition) is 3. The number of carbonyl (C=O) groups is 1. The van der Waals surface area contributed by atoms with Gasteiger partial charge in [-0.1, -0.05) is 42.5 Å². The second kappa shape index (κ2) is 11.4. The highest BCUT2D eigenvalue weighted by molar-refractivity contribution is 5.99. The SMILES string of the molecule is C=CCN1C(=O)c2ccc(Nc3ncc(-c4nnc(-c5ccccn5)o4)c(N[C@H](CO)c4ccccc4)n3)nc2C1(C)C. The van der Waals surface area contributed by atoms with E-state index in [2.05, 4.69) is 37.4 Å². The molecule has 1 aromatic carbocycles. The van der Waals surface area contributed by atoms with Crippen molar-refractivity contribution in [1.82, 2.24) is 35.0 Å². The smallest absolute Gasteiger partial charge is 0.266 e. The molecule has 3 N–H and O–H groups in total. The maximum Gasteiger partial charge on any atom is 0.266 e. The van der Waals surface area contributed by atoms with E-state index >= 15 is 0 Å². The van der Waals surface area contributed by atoms with Crippen molar-refractivity contribution in [2.24, 2.45) is 0 Å². The van der Waals surface area contributed by atoms with Crippen LogP contribution in [0.3, 0.4) is 0 Å². The number of hydrogen-bond acceptors (Lipinski definition) is 11. The van der Waals surface area contributed by atoms with E-state index in [4.69, 9.17) is 14.4 Å². The van der Waals surface area contributed by atoms with Crippen molar-refractivity contribution in [3.63, 3.8) is 0 Å². The summed E-state index contributed by atoms with van der Waals surface area (Å²) in [4.78, 5) is 32.9. The fourth-order valence-electron chi connectivity index (χ4n) is 4.97. The Balaban J connectivity index is 1.35. The van der Waals surface area contributed by atoms with Gasteiger partial charge in [0.05, 0.1) is 35.0 Å². The van der Waals surface area contributed by atoms with E-state index in [9.17, 15) is 9.90 Å². The Morgan fingerprint density at radius 3 is 2.53 bits per heavy atom. The van der Waals surface area contributed by atoms with Crippen molar-refractivity contribution in [2.75, 3.05) is 23.8 Å². The van der Waals surface area contributed by atoms with Crippen LogP contribution in [0.1, 0.15) is 41.5 Å². The fraction of sp³-hybridized carbons (Fsp3) is 0.194. The Labute approximate surface area is 247 Å². The normalized spacial score (nSPS) is 14.3. The molecule has 0 unspecified atom stereocenters. The van der Waals surface area contributed by atoms with Crippen LogP contribution in [0.5, 0.6) is 0 Å². The molecule has 6 rings (SSSR count). The summed E-state index contributed by atoms with van der Waals surface area (Å²) in [5, 5.41) is 25.1. The number of carbonyl (C=O) groups excluding carboxylic acids is 1. The molecule has 0 saturated heterocycles. The van der Waals surface area contributed by atoms with Crippen LogP contribution in [0.15, 0.2) is 90.1 Å². The molecule has 12 nitrogen and oxygen atoms in total. The van der Waals surface area contributed by atoms with Crippen LogP contribution in [0.4, 0.5) is 17.6 Å². The number of pyridine rings is 2. The molecule has 4 aromatic heterocycles. The average Bonchev–Trinajstić information content (AvgIpc) is 3.59. The third-order valence-electron chi connectivity index (χ3n) is 7.20. The van der Waals surface area contributed by atoms with Gasteiger partial charge in [-0.3, -0.25) is 9.78 Å². The molecule has 0 aliphatic carbocycles. The Hall–Kier alpha value is -5.49. The average molecular weight is 576 g/mol. The van der Waals surface area contributed by atoms with Crippen molar-refractivity contribution >= 4 is 23.5 Å². The van der Waals surface area contributed by atoms with Crippen LogP contribution in [0.25, 0.3) is 23.0 Å². The van der Waals surface area contributed by atoms with Crippen LogP contribution in [-0.4, -0.2) is 59.2 Å². The van der Waals surface area contributed by atoms with Gasteiger partial charge in [-0.2, -0.15) is 4.98 Å². The highest BCUT2D eigenvalue weighted by Crippen LogP contribution is 2.38. The Morgan fingerprint density at radius 2 is 1.79 bits per heavy atom. The molecular weight excluding hydrogens is 546 g/mol. The van der Waals surface area contributed by atoms with Crippen molar-refractivity contribution in [1.29, 1.82) is 0 Å². The molecule has 5 aromatic rings. The Kier molecular flexibility index (Phi) is 7.34. The quantitative estimate of drug-likeness (QED) is 0.198. The number of aromatic nitrogens is 6. The van der Waals surface area contributed by atoms with Gasteiger partial charge in [0.15, 0.2) is 0 Å². The van der Waals surface area contributed by atoms with E-state index in [0.29, 0.717) is 40.7 Å². The van der Waals surface area contributed by atoms with Gasteiger partial charge in [-0.25, -0.2) is 9.97 Å².